The Labute approximate surface area is 84.0 Å². The molecular weight excluding hydrogens is 173 g/mol. The van der Waals surface area contributed by atoms with E-state index in [0.717, 1.165) is 21.9 Å². The van der Waals surface area contributed by atoms with Gasteiger partial charge in [-0.25, -0.2) is 0 Å². The summed E-state index contributed by atoms with van der Waals surface area (Å²) in [5.41, 5.74) is 1.65. The number of pyridine rings is 1. The summed E-state index contributed by atoms with van der Waals surface area (Å²) in [5, 5.41) is 10.9. The summed E-state index contributed by atoms with van der Waals surface area (Å²) in [6.07, 6.45) is 2.39. The fourth-order valence-corrected chi connectivity index (χ4v) is 1.46. The van der Waals surface area contributed by atoms with Gasteiger partial charge in [0.25, 0.3) is 0 Å². The third-order valence-corrected chi connectivity index (χ3v) is 2.17. The number of fused-ring (bicyclic) bond motifs is 1. The highest BCUT2D eigenvalue weighted by molar-refractivity contribution is 6.33. The zero-order valence-corrected chi connectivity index (χ0v) is 7.77. The smallest absolute Gasteiger partial charge is 0.113 e. The SMILES string of the molecule is [B]c1ccc2cc(CCO)ncc2c1. The van der Waals surface area contributed by atoms with Crippen LogP contribution in [0.3, 0.4) is 0 Å². The second-order valence-electron chi connectivity index (χ2n) is 3.26. The van der Waals surface area contributed by atoms with Crippen molar-refractivity contribution in [1.82, 2.24) is 4.98 Å². The molecule has 0 atom stereocenters. The first-order valence-corrected chi connectivity index (χ1v) is 4.54. The van der Waals surface area contributed by atoms with Gasteiger partial charge < -0.3 is 5.11 Å². The van der Waals surface area contributed by atoms with Gasteiger partial charge in [-0.05, 0) is 16.8 Å². The van der Waals surface area contributed by atoms with Gasteiger partial charge in [0.05, 0.1) is 0 Å². The first kappa shape index (κ1) is 9.22. The van der Waals surface area contributed by atoms with Crippen molar-refractivity contribution in [3.63, 3.8) is 0 Å². The molecule has 0 aliphatic heterocycles. The highest BCUT2D eigenvalue weighted by Gasteiger charge is 1.97. The molecular formula is C11H10BNO. The fraction of sp³-hybridized carbons (Fsp3) is 0.182. The molecule has 2 nitrogen and oxygen atoms in total. The maximum Gasteiger partial charge on any atom is 0.113 e. The maximum absolute atomic E-state index is 8.78. The van der Waals surface area contributed by atoms with Crippen LogP contribution in [-0.2, 0) is 6.42 Å². The molecule has 1 aromatic heterocycles. The van der Waals surface area contributed by atoms with E-state index < -0.39 is 0 Å². The summed E-state index contributed by atoms with van der Waals surface area (Å²) in [6.45, 7) is 0.132. The summed E-state index contributed by atoms with van der Waals surface area (Å²) in [4.78, 5) is 4.22. The molecule has 0 spiro atoms. The molecule has 0 saturated heterocycles. The molecule has 2 aromatic rings. The minimum absolute atomic E-state index is 0.132. The Morgan fingerprint density at radius 3 is 2.86 bits per heavy atom. The first-order valence-electron chi connectivity index (χ1n) is 4.54. The normalized spacial score (nSPS) is 10.6. The van der Waals surface area contributed by atoms with Crippen LogP contribution in [0.2, 0.25) is 0 Å². The molecule has 0 fully saturated rings. The number of aromatic nitrogens is 1. The van der Waals surface area contributed by atoms with E-state index >= 15 is 0 Å². The highest BCUT2D eigenvalue weighted by Crippen LogP contribution is 2.12. The molecule has 1 heterocycles. The average Bonchev–Trinajstić information content (AvgIpc) is 2.19. The standard InChI is InChI=1S/C11H10BNO/c12-10-2-1-8-6-11(3-4-14)13-7-9(8)5-10/h1-2,5-7,14H,3-4H2. The lowest BCUT2D eigenvalue weighted by atomic mass is 9.94. The molecule has 1 aromatic carbocycles. The molecule has 0 unspecified atom stereocenters. The number of aliphatic hydroxyl groups is 1. The minimum atomic E-state index is 0.132. The lowest BCUT2D eigenvalue weighted by Gasteiger charge is -2.02. The molecule has 0 aliphatic carbocycles. The zero-order valence-electron chi connectivity index (χ0n) is 7.77. The Balaban J connectivity index is 2.50. The molecule has 1 N–H and O–H groups in total. The summed E-state index contributed by atoms with van der Waals surface area (Å²) in [6, 6.07) is 7.70. The van der Waals surface area contributed by atoms with Crippen molar-refractivity contribution in [2.24, 2.45) is 0 Å². The lowest BCUT2D eigenvalue weighted by Crippen LogP contribution is -2.01. The second-order valence-corrected chi connectivity index (χ2v) is 3.26. The lowest BCUT2D eigenvalue weighted by molar-refractivity contribution is 0.298. The molecule has 14 heavy (non-hydrogen) atoms. The Kier molecular flexibility index (Phi) is 2.50. The van der Waals surface area contributed by atoms with Gasteiger partial charge in [0.1, 0.15) is 7.85 Å². The van der Waals surface area contributed by atoms with Gasteiger partial charge >= 0.3 is 0 Å². The first-order chi connectivity index (χ1) is 6.79. The number of nitrogens with zero attached hydrogens (tertiary/aromatic N) is 1. The average molecular weight is 183 g/mol. The summed E-state index contributed by atoms with van der Waals surface area (Å²) in [5.74, 6) is 0. The molecule has 0 saturated carbocycles. The molecule has 0 bridgehead atoms. The molecule has 0 aliphatic rings. The Morgan fingerprint density at radius 1 is 1.21 bits per heavy atom. The van der Waals surface area contributed by atoms with Crippen LogP contribution in [0.4, 0.5) is 0 Å². The number of rotatable bonds is 2. The Hall–Kier alpha value is -1.35. The van der Waals surface area contributed by atoms with Crippen LogP contribution in [0, 0.1) is 0 Å². The Morgan fingerprint density at radius 2 is 2.07 bits per heavy atom. The van der Waals surface area contributed by atoms with E-state index in [0.29, 0.717) is 6.42 Å². The van der Waals surface area contributed by atoms with Crippen molar-refractivity contribution < 1.29 is 5.11 Å². The van der Waals surface area contributed by atoms with Gasteiger partial charge in [0.2, 0.25) is 0 Å². The molecule has 0 amide bonds. The van der Waals surface area contributed by atoms with Gasteiger partial charge in [0, 0.05) is 24.9 Å². The van der Waals surface area contributed by atoms with E-state index in [1.807, 2.05) is 24.3 Å². The van der Waals surface area contributed by atoms with Crippen LogP contribution in [0.15, 0.2) is 30.5 Å². The van der Waals surface area contributed by atoms with E-state index in [2.05, 4.69) is 4.98 Å². The van der Waals surface area contributed by atoms with Crippen LogP contribution >= 0.6 is 0 Å². The number of hydrogen-bond donors (Lipinski definition) is 1. The second kappa shape index (κ2) is 3.80. The molecule has 68 valence electrons. The highest BCUT2D eigenvalue weighted by atomic mass is 16.3. The largest absolute Gasteiger partial charge is 0.396 e. The number of benzene rings is 1. The van der Waals surface area contributed by atoms with E-state index in [4.69, 9.17) is 13.0 Å². The topological polar surface area (TPSA) is 33.1 Å². The predicted molar refractivity (Wildman–Crippen MR) is 57.9 cm³/mol. The van der Waals surface area contributed by atoms with Gasteiger partial charge in [0.15, 0.2) is 0 Å². The fourth-order valence-electron chi connectivity index (χ4n) is 1.46. The Bertz CT molecular complexity index is 456. The van der Waals surface area contributed by atoms with Gasteiger partial charge in [-0.3, -0.25) is 4.98 Å². The molecule has 3 heteroatoms. The van der Waals surface area contributed by atoms with Crippen molar-refractivity contribution in [1.29, 1.82) is 0 Å². The van der Waals surface area contributed by atoms with Crippen LogP contribution in [0.5, 0.6) is 0 Å². The third-order valence-electron chi connectivity index (χ3n) is 2.17. The van der Waals surface area contributed by atoms with Crippen molar-refractivity contribution in [2.75, 3.05) is 6.61 Å². The number of hydrogen-bond acceptors (Lipinski definition) is 2. The van der Waals surface area contributed by atoms with Crippen LogP contribution < -0.4 is 5.46 Å². The van der Waals surface area contributed by atoms with Crippen LogP contribution in [0.25, 0.3) is 10.8 Å². The molecule has 2 radical (unpaired) electrons. The predicted octanol–water partition coefficient (Wildman–Crippen LogP) is 0.563. The van der Waals surface area contributed by atoms with Crippen molar-refractivity contribution >= 4 is 24.1 Å². The minimum Gasteiger partial charge on any atom is -0.396 e. The van der Waals surface area contributed by atoms with Crippen molar-refractivity contribution in [3.05, 3.63) is 36.2 Å². The zero-order chi connectivity index (χ0) is 9.97. The summed E-state index contributed by atoms with van der Waals surface area (Å²) < 4.78 is 0. The van der Waals surface area contributed by atoms with Gasteiger partial charge in [-0.15, -0.1) is 0 Å². The monoisotopic (exact) mass is 183 g/mol. The van der Waals surface area contributed by atoms with Gasteiger partial charge in [-0.1, -0.05) is 23.7 Å². The molecule has 2 rings (SSSR count). The maximum atomic E-state index is 8.78. The summed E-state index contributed by atoms with van der Waals surface area (Å²) >= 11 is 0. The van der Waals surface area contributed by atoms with E-state index in [9.17, 15) is 0 Å². The third kappa shape index (κ3) is 1.78. The quantitative estimate of drug-likeness (QED) is 0.690. The van der Waals surface area contributed by atoms with E-state index in [-0.39, 0.29) is 6.61 Å². The number of aliphatic hydroxyl groups excluding tert-OH is 1. The summed E-state index contributed by atoms with van der Waals surface area (Å²) in [7, 11) is 5.65. The van der Waals surface area contributed by atoms with Crippen LogP contribution in [-0.4, -0.2) is 24.5 Å². The van der Waals surface area contributed by atoms with Gasteiger partial charge in [-0.2, -0.15) is 0 Å². The van der Waals surface area contributed by atoms with E-state index in [1.54, 1.807) is 6.20 Å². The van der Waals surface area contributed by atoms with Crippen molar-refractivity contribution in [3.8, 4) is 0 Å². The van der Waals surface area contributed by atoms with Crippen molar-refractivity contribution in [2.45, 2.75) is 6.42 Å². The van der Waals surface area contributed by atoms with Crippen LogP contribution in [0.1, 0.15) is 5.69 Å². The van der Waals surface area contributed by atoms with E-state index in [1.165, 1.54) is 0 Å².